The van der Waals surface area contributed by atoms with Crippen LogP contribution in [-0.4, -0.2) is 23.1 Å². The fourth-order valence-electron chi connectivity index (χ4n) is 1.20. The van der Waals surface area contributed by atoms with Crippen molar-refractivity contribution in [3.05, 3.63) is 23.8 Å². The quantitative estimate of drug-likeness (QED) is 0.646. The second-order valence-corrected chi connectivity index (χ2v) is 4.11. The average molecular weight is 288 g/mol. The number of nitrogens with one attached hydrogen (secondary N) is 1. The van der Waals surface area contributed by atoms with Gasteiger partial charge in [0.1, 0.15) is 5.75 Å². The maximum Gasteiger partial charge on any atom is 0.409 e. The van der Waals surface area contributed by atoms with E-state index >= 15 is 0 Å². The molecule has 0 aromatic heterocycles. The van der Waals surface area contributed by atoms with Crippen molar-refractivity contribution in [1.82, 2.24) is 0 Å². The molecular formula is C11H14BrNO3. The molecule has 5 heteroatoms. The molecule has 88 valence electrons. The molecule has 0 fully saturated rings. The van der Waals surface area contributed by atoms with E-state index in [1.165, 1.54) is 0 Å². The molecule has 1 amide bonds. The van der Waals surface area contributed by atoms with Crippen LogP contribution in [0.5, 0.6) is 5.75 Å². The van der Waals surface area contributed by atoms with Crippen LogP contribution in [0.2, 0.25) is 0 Å². The van der Waals surface area contributed by atoms with Crippen molar-refractivity contribution in [2.24, 2.45) is 0 Å². The number of ether oxygens (including phenoxy) is 1. The predicted molar refractivity (Wildman–Crippen MR) is 66.7 cm³/mol. The highest BCUT2D eigenvalue weighted by Gasteiger charge is 2.06. The lowest BCUT2D eigenvalue weighted by molar-refractivity contribution is 0.209. The topological polar surface area (TPSA) is 58.6 Å². The SMILES string of the molecule is Cc1ccc(NC(=O)O)c(OCCCBr)c1. The van der Waals surface area contributed by atoms with Crippen molar-refractivity contribution in [2.75, 3.05) is 17.3 Å². The molecule has 4 nitrogen and oxygen atoms in total. The second-order valence-electron chi connectivity index (χ2n) is 3.32. The van der Waals surface area contributed by atoms with E-state index in [1.54, 1.807) is 6.07 Å². The number of hydrogen-bond acceptors (Lipinski definition) is 2. The molecule has 1 rings (SSSR count). The van der Waals surface area contributed by atoms with Crippen molar-refractivity contribution in [2.45, 2.75) is 13.3 Å². The molecule has 1 aromatic rings. The van der Waals surface area contributed by atoms with Gasteiger partial charge in [-0.05, 0) is 31.0 Å². The van der Waals surface area contributed by atoms with Gasteiger partial charge in [-0.25, -0.2) is 4.79 Å². The summed E-state index contributed by atoms with van der Waals surface area (Å²) in [6.45, 7) is 2.49. The summed E-state index contributed by atoms with van der Waals surface area (Å²) in [7, 11) is 0. The summed E-state index contributed by atoms with van der Waals surface area (Å²) < 4.78 is 5.50. The molecule has 0 aliphatic heterocycles. The average Bonchev–Trinajstić information content (AvgIpc) is 2.22. The minimum absolute atomic E-state index is 0.479. The molecule has 0 heterocycles. The number of hydrogen-bond donors (Lipinski definition) is 2. The molecule has 0 aliphatic rings. The molecule has 0 saturated heterocycles. The lowest BCUT2D eigenvalue weighted by atomic mass is 10.2. The van der Waals surface area contributed by atoms with Crippen molar-refractivity contribution in [3.8, 4) is 5.75 Å². The number of amides is 1. The van der Waals surface area contributed by atoms with Crippen LogP contribution in [0.15, 0.2) is 18.2 Å². The van der Waals surface area contributed by atoms with E-state index in [0.717, 1.165) is 17.3 Å². The summed E-state index contributed by atoms with van der Waals surface area (Å²) in [4.78, 5) is 10.6. The normalized spacial score (nSPS) is 9.88. The van der Waals surface area contributed by atoms with Crippen molar-refractivity contribution >= 4 is 27.7 Å². The van der Waals surface area contributed by atoms with Crippen LogP contribution < -0.4 is 10.1 Å². The molecule has 16 heavy (non-hydrogen) atoms. The van der Waals surface area contributed by atoms with Gasteiger partial charge in [0, 0.05) is 5.33 Å². The van der Waals surface area contributed by atoms with Gasteiger partial charge >= 0.3 is 6.09 Å². The smallest absolute Gasteiger partial charge is 0.409 e. The predicted octanol–water partition coefficient (Wildman–Crippen LogP) is 3.25. The summed E-state index contributed by atoms with van der Waals surface area (Å²) in [5.41, 5.74) is 1.51. The zero-order valence-electron chi connectivity index (χ0n) is 9.00. The number of aryl methyl sites for hydroxylation is 1. The number of carboxylic acid groups (broad SMARTS) is 1. The van der Waals surface area contributed by atoms with E-state index < -0.39 is 6.09 Å². The molecule has 0 saturated carbocycles. The first-order valence-electron chi connectivity index (χ1n) is 4.93. The Morgan fingerprint density at radius 1 is 1.56 bits per heavy atom. The van der Waals surface area contributed by atoms with Crippen LogP contribution in [0, 0.1) is 6.92 Å². The molecule has 0 spiro atoms. The Bertz CT molecular complexity index is 368. The van der Waals surface area contributed by atoms with E-state index in [2.05, 4.69) is 21.2 Å². The standard InChI is InChI=1S/C11H14BrNO3/c1-8-3-4-9(13-11(14)15)10(7-8)16-6-2-5-12/h3-4,7,13H,2,5-6H2,1H3,(H,14,15). The van der Waals surface area contributed by atoms with Crippen LogP contribution in [0.3, 0.4) is 0 Å². The zero-order valence-corrected chi connectivity index (χ0v) is 10.6. The van der Waals surface area contributed by atoms with Gasteiger partial charge in [0.25, 0.3) is 0 Å². The molecule has 2 N–H and O–H groups in total. The minimum Gasteiger partial charge on any atom is -0.491 e. The third kappa shape index (κ3) is 4.10. The zero-order chi connectivity index (χ0) is 12.0. The summed E-state index contributed by atoms with van der Waals surface area (Å²) in [5.74, 6) is 0.573. The monoisotopic (exact) mass is 287 g/mol. The van der Waals surface area contributed by atoms with Gasteiger partial charge in [0.15, 0.2) is 0 Å². The summed E-state index contributed by atoms with van der Waals surface area (Å²) in [5, 5.41) is 11.8. The molecule has 0 aliphatic carbocycles. The Balaban J connectivity index is 2.76. The van der Waals surface area contributed by atoms with Crippen LogP contribution in [0.4, 0.5) is 10.5 Å². The molecule has 0 atom stereocenters. The van der Waals surface area contributed by atoms with Crippen LogP contribution in [-0.2, 0) is 0 Å². The van der Waals surface area contributed by atoms with Gasteiger partial charge in [0.05, 0.1) is 12.3 Å². The van der Waals surface area contributed by atoms with Gasteiger partial charge in [0.2, 0.25) is 0 Å². The van der Waals surface area contributed by atoms with E-state index in [0.29, 0.717) is 18.0 Å². The molecule has 0 radical (unpaired) electrons. The highest BCUT2D eigenvalue weighted by atomic mass is 79.9. The van der Waals surface area contributed by atoms with Gasteiger partial charge in [-0.2, -0.15) is 0 Å². The van der Waals surface area contributed by atoms with Gasteiger partial charge < -0.3 is 9.84 Å². The summed E-state index contributed by atoms with van der Waals surface area (Å²) in [6.07, 6.45) is -0.213. The maximum absolute atomic E-state index is 10.6. The third-order valence-electron chi connectivity index (χ3n) is 1.91. The highest BCUT2D eigenvalue weighted by Crippen LogP contribution is 2.25. The highest BCUT2D eigenvalue weighted by molar-refractivity contribution is 9.09. The van der Waals surface area contributed by atoms with Gasteiger partial charge in [-0.3, -0.25) is 5.32 Å². The Morgan fingerprint density at radius 2 is 2.31 bits per heavy atom. The lowest BCUT2D eigenvalue weighted by Gasteiger charge is -2.11. The van der Waals surface area contributed by atoms with Crippen molar-refractivity contribution < 1.29 is 14.6 Å². The largest absolute Gasteiger partial charge is 0.491 e. The fraction of sp³-hybridized carbons (Fsp3) is 0.364. The van der Waals surface area contributed by atoms with E-state index in [-0.39, 0.29) is 0 Å². The molecule has 0 bridgehead atoms. The number of anilines is 1. The van der Waals surface area contributed by atoms with Crippen LogP contribution in [0.1, 0.15) is 12.0 Å². The van der Waals surface area contributed by atoms with Crippen LogP contribution >= 0.6 is 15.9 Å². The molecule has 0 unspecified atom stereocenters. The van der Waals surface area contributed by atoms with Crippen molar-refractivity contribution in [3.63, 3.8) is 0 Å². The van der Waals surface area contributed by atoms with Gasteiger partial charge in [-0.1, -0.05) is 22.0 Å². The Morgan fingerprint density at radius 3 is 2.94 bits per heavy atom. The number of carbonyl (C=O) groups is 1. The Labute approximate surface area is 103 Å². The van der Waals surface area contributed by atoms with E-state index in [9.17, 15) is 4.79 Å². The first kappa shape index (κ1) is 12.8. The first-order chi connectivity index (χ1) is 7.63. The Hall–Kier alpha value is -1.23. The minimum atomic E-state index is -1.09. The molecular weight excluding hydrogens is 274 g/mol. The first-order valence-corrected chi connectivity index (χ1v) is 6.05. The van der Waals surface area contributed by atoms with E-state index in [4.69, 9.17) is 9.84 Å². The maximum atomic E-state index is 10.6. The fourth-order valence-corrected chi connectivity index (χ4v) is 1.43. The summed E-state index contributed by atoms with van der Waals surface area (Å²) in [6, 6.07) is 5.36. The third-order valence-corrected chi connectivity index (χ3v) is 2.47. The number of alkyl halides is 1. The van der Waals surface area contributed by atoms with E-state index in [1.807, 2.05) is 19.1 Å². The van der Waals surface area contributed by atoms with Crippen molar-refractivity contribution in [1.29, 1.82) is 0 Å². The van der Waals surface area contributed by atoms with Gasteiger partial charge in [-0.15, -0.1) is 0 Å². The number of benzene rings is 1. The summed E-state index contributed by atoms with van der Waals surface area (Å²) >= 11 is 3.31. The lowest BCUT2D eigenvalue weighted by Crippen LogP contribution is -2.09. The van der Waals surface area contributed by atoms with Crippen LogP contribution in [0.25, 0.3) is 0 Å². The molecule has 1 aromatic carbocycles. The second kappa shape index (κ2) is 6.37. The number of halogens is 1. The number of rotatable bonds is 5. The Kier molecular flexibility index (Phi) is 5.11.